The minimum absolute atomic E-state index is 0.0737. The number of aliphatic carboxylic acids is 1. The summed E-state index contributed by atoms with van der Waals surface area (Å²) in [5.41, 5.74) is 0. The number of hydrogen-bond donors (Lipinski definition) is 1. The summed E-state index contributed by atoms with van der Waals surface area (Å²) in [6, 6.07) is 0. The number of hydrogen-bond acceptors (Lipinski definition) is 3. The zero-order chi connectivity index (χ0) is 13.7. The van der Waals surface area contributed by atoms with Crippen molar-refractivity contribution in [3.05, 3.63) is 0 Å². The first-order valence-electron chi connectivity index (χ1n) is 6.59. The Morgan fingerprint density at radius 2 is 2.11 bits per heavy atom. The van der Waals surface area contributed by atoms with Crippen LogP contribution in [-0.2, 0) is 14.3 Å². The van der Waals surface area contributed by atoms with Crippen molar-refractivity contribution in [1.82, 2.24) is 4.90 Å². The smallest absolute Gasteiger partial charge is 0.323 e. The van der Waals surface area contributed by atoms with Gasteiger partial charge in [0.25, 0.3) is 0 Å². The minimum atomic E-state index is -0.961. The van der Waals surface area contributed by atoms with Gasteiger partial charge in [0.05, 0.1) is 12.0 Å². The monoisotopic (exact) mass is 257 g/mol. The quantitative estimate of drug-likeness (QED) is 0.780. The number of amides is 1. The molecule has 5 heteroatoms. The molecule has 0 radical (unpaired) electrons. The van der Waals surface area contributed by atoms with Gasteiger partial charge in [0, 0.05) is 13.2 Å². The molecule has 2 unspecified atom stereocenters. The van der Waals surface area contributed by atoms with Crippen LogP contribution in [0.5, 0.6) is 0 Å². The van der Waals surface area contributed by atoms with Crippen molar-refractivity contribution in [2.75, 3.05) is 19.7 Å². The van der Waals surface area contributed by atoms with Crippen LogP contribution >= 0.6 is 0 Å². The second-order valence-corrected chi connectivity index (χ2v) is 5.13. The van der Waals surface area contributed by atoms with Gasteiger partial charge in [-0.15, -0.1) is 0 Å². The fourth-order valence-electron chi connectivity index (χ4n) is 2.47. The van der Waals surface area contributed by atoms with Gasteiger partial charge >= 0.3 is 5.97 Å². The van der Waals surface area contributed by atoms with E-state index in [-0.39, 0.29) is 30.4 Å². The van der Waals surface area contributed by atoms with Crippen molar-refractivity contribution in [1.29, 1.82) is 0 Å². The van der Waals surface area contributed by atoms with E-state index in [2.05, 4.69) is 0 Å². The third-order valence-electron chi connectivity index (χ3n) is 3.24. The molecule has 5 nitrogen and oxygen atoms in total. The summed E-state index contributed by atoms with van der Waals surface area (Å²) in [7, 11) is 0. The molecule has 0 spiro atoms. The molecule has 1 aliphatic heterocycles. The van der Waals surface area contributed by atoms with Crippen LogP contribution < -0.4 is 0 Å². The summed E-state index contributed by atoms with van der Waals surface area (Å²) in [5.74, 6) is -0.946. The van der Waals surface area contributed by atoms with Gasteiger partial charge in [-0.25, -0.2) is 0 Å². The van der Waals surface area contributed by atoms with Crippen molar-refractivity contribution >= 4 is 11.9 Å². The Balaban J connectivity index is 2.72. The molecule has 1 N–H and O–H groups in total. The number of carboxylic acids is 1. The van der Waals surface area contributed by atoms with E-state index in [0.717, 1.165) is 6.42 Å². The summed E-state index contributed by atoms with van der Waals surface area (Å²) in [5, 5.41) is 8.85. The van der Waals surface area contributed by atoms with E-state index in [1.165, 1.54) is 4.90 Å². The maximum Gasteiger partial charge on any atom is 0.323 e. The third kappa shape index (κ3) is 3.70. The van der Waals surface area contributed by atoms with Gasteiger partial charge in [0.15, 0.2) is 0 Å². The summed E-state index contributed by atoms with van der Waals surface area (Å²) in [6.07, 6.45) is 1.38. The lowest BCUT2D eigenvalue weighted by atomic mass is 9.91. The molecule has 0 aromatic carbocycles. The average Bonchev–Trinajstić information content (AvgIpc) is 2.75. The van der Waals surface area contributed by atoms with Gasteiger partial charge < -0.3 is 14.7 Å². The Hall–Kier alpha value is -1.10. The van der Waals surface area contributed by atoms with Crippen LogP contribution in [0.4, 0.5) is 0 Å². The lowest BCUT2D eigenvalue weighted by molar-refractivity contribution is -0.147. The highest BCUT2D eigenvalue weighted by atomic mass is 16.5. The zero-order valence-electron chi connectivity index (χ0n) is 11.4. The number of carbonyl (C=O) groups is 2. The summed E-state index contributed by atoms with van der Waals surface area (Å²) in [6.45, 7) is 6.86. The molecule has 1 fully saturated rings. The summed E-state index contributed by atoms with van der Waals surface area (Å²) < 4.78 is 5.59. The number of ether oxygens (including phenoxy) is 1. The van der Waals surface area contributed by atoms with Gasteiger partial charge in [0.1, 0.15) is 6.54 Å². The molecule has 104 valence electrons. The Morgan fingerprint density at radius 3 is 2.61 bits per heavy atom. The molecule has 18 heavy (non-hydrogen) atoms. The van der Waals surface area contributed by atoms with Gasteiger partial charge in [-0.3, -0.25) is 9.59 Å². The fraction of sp³-hybridized carbons (Fsp3) is 0.846. The van der Waals surface area contributed by atoms with Gasteiger partial charge in [0.2, 0.25) is 5.91 Å². The van der Waals surface area contributed by atoms with Crippen LogP contribution in [0.3, 0.4) is 0 Å². The average molecular weight is 257 g/mol. The fourth-order valence-corrected chi connectivity index (χ4v) is 2.47. The lowest BCUT2D eigenvalue weighted by Crippen LogP contribution is -2.43. The molecule has 1 rings (SSSR count). The Kier molecular flexibility index (Phi) is 5.59. The van der Waals surface area contributed by atoms with Crippen LogP contribution in [0.15, 0.2) is 0 Å². The third-order valence-corrected chi connectivity index (χ3v) is 3.24. The molecular formula is C13H23NO4. The Bertz CT molecular complexity index is 303. The minimum Gasteiger partial charge on any atom is -0.480 e. The lowest BCUT2D eigenvalue weighted by Gasteiger charge is -2.27. The number of rotatable bonds is 6. The van der Waals surface area contributed by atoms with E-state index in [4.69, 9.17) is 9.84 Å². The summed E-state index contributed by atoms with van der Waals surface area (Å²) in [4.78, 5) is 24.6. The predicted octanol–water partition coefficient (Wildman–Crippen LogP) is 1.37. The molecule has 2 atom stereocenters. The van der Waals surface area contributed by atoms with Gasteiger partial charge in [-0.1, -0.05) is 20.8 Å². The van der Waals surface area contributed by atoms with Crippen molar-refractivity contribution in [3.8, 4) is 0 Å². The molecule has 1 amide bonds. The molecule has 1 heterocycles. The molecular weight excluding hydrogens is 234 g/mol. The van der Waals surface area contributed by atoms with Crippen LogP contribution in [-0.4, -0.2) is 47.7 Å². The van der Waals surface area contributed by atoms with Crippen molar-refractivity contribution in [3.63, 3.8) is 0 Å². The van der Waals surface area contributed by atoms with Crippen molar-refractivity contribution < 1.29 is 19.4 Å². The number of nitrogens with zero attached hydrogens (tertiary/aromatic N) is 1. The van der Waals surface area contributed by atoms with Crippen LogP contribution in [0.25, 0.3) is 0 Å². The van der Waals surface area contributed by atoms with E-state index in [1.54, 1.807) is 0 Å². The largest absolute Gasteiger partial charge is 0.480 e. The van der Waals surface area contributed by atoms with E-state index in [1.807, 2.05) is 20.8 Å². The molecule has 0 aromatic rings. The molecule has 0 aromatic heterocycles. The SMILES string of the molecule is CCCN(CC(=O)O)C(=O)C1CCOC1C(C)C. The van der Waals surface area contributed by atoms with Crippen LogP contribution in [0.1, 0.15) is 33.6 Å². The highest BCUT2D eigenvalue weighted by molar-refractivity contribution is 5.83. The second kappa shape index (κ2) is 6.73. The maximum absolute atomic E-state index is 12.4. The van der Waals surface area contributed by atoms with E-state index < -0.39 is 5.97 Å². The molecule has 1 saturated heterocycles. The Labute approximate surface area is 108 Å². The van der Waals surface area contributed by atoms with E-state index >= 15 is 0 Å². The molecule has 0 saturated carbocycles. The van der Waals surface area contributed by atoms with Gasteiger partial charge in [-0.2, -0.15) is 0 Å². The molecule has 0 aliphatic carbocycles. The molecule has 0 bridgehead atoms. The van der Waals surface area contributed by atoms with Crippen molar-refractivity contribution in [2.24, 2.45) is 11.8 Å². The maximum atomic E-state index is 12.4. The standard InChI is InChI=1S/C13H23NO4/c1-4-6-14(8-11(15)16)13(17)10-5-7-18-12(10)9(2)3/h9-10,12H,4-8H2,1-3H3,(H,15,16). The molecule has 1 aliphatic rings. The normalized spacial score (nSPS) is 23.3. The number of carboxylic acid groups (broad SMARTS) is 1. The van der Waals surface area contributed by atoms with Gasteiger partial charge in [-0.05, 0) is 18.8 Å². The van der Waals surface area contributed by atoms with Crippen LogP contribution in [0.2, 0.25) is 0 Å². The van der Waals surface area contributed by atoms with E-state index in [9.17, 15) is 9.59 Å². The Morgan fingerprint density at radius 1 is 1.44 bits per heavy atom. The predicted molar refractivity (Wildman–Crippen MR) is 67.2 cm³/mol. The van der Waals surface area contributed by atoms with E-state index in [0.29, 0.717) is 19.6 Å². The highest BCUT2D eigenvalue weighted by Crippen LogP contribution is 2.28. The number of carbonyl (C=O) groups excluding carboxylic acids is 1. The topological polar surface area (TPSA) is 66.8 Å². The van der Waals surface area contributed by atoms with Crippen LogP contribution in [0, 0.1) is 11.8 Å². The first-order chi connectivity index (χ1) is 8.47. The first kappa shape index (κ1) is 15.0. The highest BCUT2D eigenvalue weighted by Gasteiger charge is 2.38. The van der Waals surface area contributed by atoms with Crippen molar-refractivity contribution in [2.45, 2.75) is 39.7 Å². The second-order valence-electron chi connectivity index (χ2n) is 5.13. The summed E-state index contributed by atoms with van der Waals surface area (Å²) >= 11 is 0. The zero-order valence-corrected chi connectivity index (χ0v) is 11.4. The first-order valence-corrected chi connectivity index (χ1v) is 6.59.